The van der Waals surface area contributed by atoms with E-state index in [1.54, 1.807) is 7.11 Å². The van der Waals surface area contributed by atoms with Crippen molar-refractivity contribution in [2.24, 2.45) is 5.73 Å². The number of para-hydroxylation sites is 1. The number of rotatable bonds is 7. The van der Waals surface area contributed by atoms with Crippen LogP contribution in [0.5, 0.6) is 5.75 Å². The van der Waals surface area contributed by atoms with E-state index in [1.807, 2.05) is 25.1 Å². The molecule has 0 aliphatic rings. The smallest absolute Gasteiger partial charge is 0.217 e. The van der Waals surface area contributed by atoms with Crippen molar-refractivity contribution in [1.29, 1.82) is 0 Å². The third kappa shape index (κ3) is 3.47. The molecule has 2 aromatic rings. The number of primary amides is 1. The molecule has 1 aromatic carbocycles. The summed E-state index contributed by atoms with van der Waals surface area (Å²) in [6.07, 6.45) is 2.01. The zero-order chi connectivity index (χ0) is 15.4. The van der Waals surface area contributed by atoms with Crippen LogP contribution in [0.15, 0.2) is 18.2 Å². The van der Waals surface area contributed by atoms with Crippen LogP contribution in [0.2, 0.25) is 0 Å². The molecule has 6 heteroatoms. The van der Waals surface area contributed by atoms with Crippen LogP contribution >= 0.6 is 11.6 Å². The van der Waals surface area contributed by atoms with Gasteiger partial charge in [0.15, 0.2) is 0 Å². The molecule has 0 aliphatic carbocycles. The number of halogens is 1. The summed E-state index contributed by atoms with van der Waals surface area (Å²) < 4.78 is 7.45. The van der Waals surface area contributed by atoms with Crippen molar-refractivity contribution < 1.29 is 9.53 Å². The normalized spacial score (nSPS) is 12.5. The van der Waals surface area contributed by atoms with Crippen molar-refractivity contribution in [1.82, 2.24) is 9.55 Å². The second kappa shape index (κ2) is 6.80. The summed E-state index contributed by atoms with van der Waals surface area (Å²) in [5.74, 6) is 1.29. The van der Waals surface area contributed by atoms with Gasteiger partial charge in [-0.05, 0) is 31.9 Å². The number of fused-ring (bicyclic) bond motifs is 1. The molecular formula is C15H20ClN3O2. The fraction of sp³-hybridized carbons (Fsp3) is 0.467. The van der Waals surface area contributed by atoms with Crippen LogP contribution in [-0.2, 0) is 11.3 Å². The zero-order valence-corrected chi connectivity index (χ0v) is 13.1. The summed E-state index contributed by atoms with van der Waals surface area (Å²) in [5.41, 5.74) is 6.98. The highest BCUT2D eigenvalue weighted by atomic mass is 35.5. The number of imidazole rings is 1. The maximum atomic E-state index is 10.8. The predicted molar refractivity (Wildman–Crippen MR) is 83.6 cm³/mol. The highest BCUT2D eigenvalue weighted by Gasteiger charge is 2.17. The number of alkyl halides is 1. The van der Waals surface area contributed by atoms with Crippen molar-refractivity contribution in [2.75, 3.05) is 7.11 Å². The van der Waals surface area contributed by atoms with E-state index in [-0.39, 0.29) is 11.3 Å². The number of unbranched alkanes of at least 4 members (excludes halogenated alkanes) is 1. The summed E-state index contributed by atoms with van der Waals surface area (Å²) in [4.78, 5) is 15.4. The van der Waals surface area contributed by atoms with Gasteiger partial charge >= 0.3 is 0 Å². The van der Waals surface area contributed by atoms with Gasteiger partial charge in [-0.25, -0.2) is 4.98 Å². The number of carbonyl (C=O) groups excluding carboxylic acids is 1. The number of nitrogens with two attached hydrogens (primary N) is 1. The molecule has 5 nitrogen and oxygen atoms in total. The number of benzene rings is 1. The van der Waals surface area contributed by atoms with E-state index in [1.165, 1.54) is 0 Å². The van der Waals surface area contributed by atoms with E-state index < -0.39 is 0 Å². The second-order valence-electron chi connectivity index (χ2n) is 4.99. The number of ether oxygens (including phenoxy) is 1. The first-order valence-corrected chi connectivity index (χ1v) is 7.43. The molecule has 1 heterocycles. The van der Waals surface area contributed by atoms with Gasteiger partial charge in [0, 0.05) is 13.0 Å². The van der Waals surface area contributed by atoms with Gasteiger partial charge in [-0.2, -0.15) is 0 Å². The lowest BCUT2D eigenvalue weighted by Crippen LogP contribution is -2.11. The van der Waals surface area contributed by atoms with Crippen LogP contribution in [0, 0.1) is 0 Å². The first kappa shape index (κ1) is 15.6. The number of hydrogen-bond acceptors (Lipinski definition) is 3. The van der Waals surface area contributed by atoms with Crippen LogP contribution in [0.3, 0.4) is 0 Å². The Labute approximate surface area is 129 Å². The van der Waals surface area contributed by atoms with Gasteiger partial charge < -0.3 is 15.0 Å². The van der Waals surface area contributed by atoms with Crippen LogP contribution < -0.4 is 10.5 Å². The topological polar surface area (TPSA) is 70.1 Å². The maximum absolute atomic E-state index is 10.8. The SMILES string of the molecule is COc1cccc2c1nc(C(C)Cl)n2CCCCC(N)=O. The Bertz CT molecular complexity index is 637. The summed E-state index contributed by atoms with van der Waals surface area (Å²) >= 11 is 6.24. The minimum atomic E-state index is -0.266. The molecule has 21 heavy (non-hydrogen) atoms. The number of aromatic nitrogens is 2. The quantitative estimate of drug-likeness (QED) is 0.631. The summed E-state index contributed by atoms with van der Waals surface area (Å²) in [7, 11) is 1.63. The molecule has 2 N–H and O–H groups in total. The molecule has 114 valence electrons. The minimum Gasteiger partial charge on any atom is -0.494 e. The molecule has 0 bridgehead atoms. The molecule has 1 atom stereocenters. The van der Waals surface area contributed by atoms with Gasteiger partial charge in [0.05, 0.1) is 18.0 Å². The van der Waals surface area contributed by atoms with Gasteiger partial charge in [0.1, 0.15) is 17.1 Å². The van der Waals surface area contributed by atoms with Crippen molar-refractivity contribution in [2.45, 2.75) is 38.1 Å². The minimum absolute atomic E-state index is 0.196. The molecule has 0 radical (unpaired) electrons. The van der Waals surface area contributed by atoms with Crippen LogP contribution in [0.4, 0.5) is 0 Å². The lowest BCUT2D eigenvalue weighted by Gasteiger charge is -2.10. The molecule has 1 aromatic heterocycles. The fourth-order valence-corrected chi connectivity index (χ4v) is 2.58. The van der Waals surface area contributed by atoms with Crippen molar-refractivity contribution in [3.63, 3.8) is 0 Å². The first-order valence-electron chi connectivity index (χ1n) is 7.00. The molecular weight excluding hydrogens is 290 g/mol. The van der Waals surface area contributed by atoms with Gasteiger partial charge in [-0.15, -0.1) is 11.6 Å². The average molecular weight is 310 g/mol. The molecule has 1 amide bonds. The summed E-state index contributed by atoms with van der Waals surface area (Å²) in [5, 5.41) is -0.196. The third-order valence-electron chi connectivity index (χ3n) is 3.40. The molecule has 0 fully saturated rings. The summed E-state index contributed by atoms with van der Waals surface area (Å²) in [6.45, 7) is 2.65. The van der Waals surface area contributed by atoms with Crippen molar-refractivity contribution in [3.8, 4) is 5.75 Å². The Morgan fingerprint density at radius 1 is 1.48 bits per heavy atom. The molecule has 1 unspecified atom stereocenters. The number of aryl methyl sites for hydroxylation is 1. The van der Waals surface area contributed by atoms with E-state index in [0.717, 1.165) is 42.0 Å². The zero-order valence-electron chi connectivity index (χ0n) is 12.3. The van der Waals surface area contributed by atoms with Gasteiger partial charge in [-0.1, -0.05) is 6.07 Å². The van der Waals surface area contributed by atoms with Gasteiger partial charge in [-0.3, -0.25) is 4.79 Å². The Morgan fingerprint density at radius 2 is 2.24 bits per heavy atom. The lowest BCUT2D eigenvalue weighted by molar-refractivity contribution is -0.118. The van der Waals surface area contributed by atoms with E-state index in [2.05, 4.69) is 9.55 Å². The number of methoxy groups -OCH3 is 1. The molecule has 0 aliphatic heterocycles. The number of nitrogens with zero attached hydrogens (tertiary/aromatic N) is 2. The Hall–Kier alpha value is -1.75. The maximum Gasteiger partial charge on any atom is 0.217 e. The van der Waals surface area contributed by atoms with E-state index in [4.69, 9.17) is 22.1 Å². The van der Waals surface area contributed by atoms with Gasteiger partial charge in [0.25, 0.3) is 0 Å². The van der Waals surface area contributed by atoms with E-state index in [0.29, 0.717) is 6.42 Å². The van der Waals surface area contributed by atoms with Gasteiger partial charge in [0.2, 0.25) is 5.91 Å². The molecule has 0 saturated heterocycles. The predicted octanol–water partition coefficient (Wildman–Crippen LogP) is 3.00. The largest absolute Gasteiger partial charge is 0.494 e. The Balaban J connectivity index is 2.31. The second-order valence-corrected chi connectivity index (χ2v) is 5.64. The first-order chi connectivity index (χ1) is 10.0. The molecule has 2 rings (SSSR count). The highest BCUT2D eigenvalue weighted by Crippen LogP contribution is 2.30. The summed E-state index contributed by atoms with van der Waals surface area (Å²) in [6, 6.07) is 5.82. The standard InChI is InChI=1S/C15H20ClN3O2/c1-10(16)15-18-14-11(6-5-7-12(14)21-2)19(15)9-4-3-8-13(17)20/h5-7,10H,3-4,8-9H2,1-2H3,(H2,17,20). The number of amides is 1. The number of carbonyl (C=O) groups is 1. The third-order valence-corrected chi connectivity index (χ3v) is 3.60. The van der Waals surface area contributed by atoms with Crippen molar-refractivity contribution in [3.05, 3.63) is 24.0 Å². The number of hydrogen-bond donors (Lipinski definition) is 1. The fourth-order valence-electron chi connectivity index (χ4n) is 2.41. The van der Waals surface area contributed by atoms with E-state index >= 15 is 0 Å². The molecule has 0 saturated carbocycles. The highest BCUT2D eigenvalue weighted by molar-refractivity contribution is 6.20. The van der Waals surface area contributed by atoms with Crippen molar-refractivity contribution >= 4 is 28.5 Å². The van der Waals surface area contributed by atoms with Crippen LogP contribution in [0.1, 0.15) is 37.4 Å². The van der Waals surface area contributed by atoms with Crippen LogP contribution in [-0.4, -0.2) is 22.6 Å². The monoisotopic (exact) mass is 309 g/mol. The average Bonchev–Trinajstić information content (AvgIpc) is 2.82. The molecule has 0 spiro atoms. The Kier molecular flexibility index (Phi) is 5.07. The van der Waals surface area contributed by atoms with Crippen LogP contribution in [0.25, 0.3) is 11.0 Å². The Morgan fingerprint density at radius 3 is 2.86 bits per heavy atom. The lowest BCUT2D eigenvalue weighted by atomic mass is 10.2. The van der Waals surface area contributed by atoms with E-state index in [9.17, 15) is 4.79 Å².